The van der Waals surface area contributed by atoms with E-state index >= 15 is 0 Å². The van der Waals surface area contributed by atoms with Crippen LogP contribution >= 0.6 is 11.6 Å². The number of hydrogen-bond acceptors (Lipinski definition) is 3. The maximum Gasteiger partial charge on any atom is 0.258 e. The van der Waals surface area contributed by atoms with E-state index in [9.17, 15) is 9.59 Å². The predicted octanol–water partition coefficient (Wildman–Crippen LogP) is 4.40. The molecule has 0 atom stereocenters. The first-order chi connectivity index (χ1) is 12.5. The Morgan fingerprint density at radius 3 is 2.35 bits per heavy atom. The zero-order chi connectivity index (χ0) is 18.3. The third-order valence-electron chi connectivity index (χ3n) is 6.36. The van der Waals surface area contributed by atoms with Crippen molar-refractivity contribution in [1.29, 1.82) is 0 Å². The Morgan fingerprint density at radius 2 is 1.77 bits per heavy atom. The van der Waals surface area contributed by atoms with E-state index in [1.54, 1.807) is 25.1 Å². The summed E-state index contributed by atoms with van der Waals surface area (Å²) in [6.45, 7) is 1.74. The van der Waals surface area contributed by atoms with Gasteiger partial charge < -0.3 is 10.1 Å². The summed E-state index contributed by atoms with van der Waals surface area (Å²) in [5.41, 5.74) is 0.430. The van der Waals surface area contributed by atoms with Crippen LogP contribution in [0, 0.1) is 17.8 Å². The first-order valence-electron chi connectivity index (χ1n) is 9.73. The second kappa shape index (κ2) is 6.88. The first kappa shape index (κ1) is 17.8. The van der Waals surface area contributed by atoms with Crippen molar-refractivity contribution in [3.8, 4) is 5.75 Å². The van der Waals surface area contributed by atoms with E-state index in [1.807, 2.05) is 0 Å². The molecule has 26 heavy (non-hydrogen) atoms. The molecule has 4 fully saturated rings. The van der Waals surface area contributed by atoms with Crippen LogP contribution in [0.1, 0.15) is 62.2 Å². The van der Waals surface area contributed by atoms with E-state index in [1.165, 1.54) is 19.3 Å². The molecule has 4 aliphatic carbocycles. The first-order valence-corrected chi connectivity index (χ1v) is 10.1. The van der Waals surface area contributed by atoms with Crippen LogP contribution in [0.3, 0.4) is 0 Å². The molecule has 4 nitrogen and oxygen atoms in total. The summed E-state index contributed by atoms with van der Waals surface area (Å²) in [6.07, 6.45) is 7.76. The molecule has 0 heterocycles. The Bertz CT molecular complexity index is 695. The molecule has 4 aliphatic rings. The highest BCUT2D eigenvalue weighted by molar-refractivity contribution is 6.31. The van der Waals surface area contributed by atoms with Gasteiger partial charge in [-0.3, -0.25) is 9.59 Å². The SMILES string of the molecule is CCC(=O)c1cc(Cl)ccc1OCC(=O)NC12CC3CC(CC(C3)C1)C2. The summed E-state index contributed by atoms with van der Waals surface area (Å²) < 4.78 is 5.70. The van der Waals surface area contributed by atoms with Crippen LogP contribution < -0.4 is 10.1 Å². The quantitative estimate of drug-likeness (QED) is 0.750. The summed E-state index contributed by atoms with van der Waals surface area (Å²) in [7, 11) is 0. The maximum atomic E-state index is 12.6. The van der Waals surface area contributed by atoms with Crippen LogP contribution in [0.5, 0.6) is 5.75 Å². The minimum atomic E-state index is -0.0863. The average Bonchev–Trinajstić information content (AvgIpc) is 2.58. The van der Waals surface area contributed by atoms with Gasteiger partial charge in [0.25, 0.3) is 5.91 Å². The van der Waals surface area contributed by atoms with Crippen molar-refractivity contribution >= 4 is 23.3 Å². The summed E-state index contributed by atoms with van der Waals surface area (Å²) in [5, 5.41) is 3.79. The highest BCUT2D eigenvalue weighted by Gasteiger charge is 2.51. The van der Waals surface area contributed by atoms with Crippen LogP contribution in [0.2, 0.25) is 5.02 Å². The Hall–Kier alpha value is -1.55. The Labute approximate surface area is 159 Å². The molecular weight excluding hydrogens is 350 g/mol. The smallest absolute Gasteiger partial charge is 0.258 e. The summed E-state index contributed by atoms with van der Waals surface area (Å²) in [5.74, 6) is 2.66. The molecule has 5 rings (SSSR count). The van der Waals surface area contributed by atoms with Gasteiger partial charge in [-0.05, 0) is 74.5 Å². The van der Waals surface area contributed by atoms with Gasteiger partial charge in [0.1, 0.15) is 5.75 Å². The normalized spacial score (nSPS) is 31.7. The predicted molar refractivity (Wildman–Crippen MR) is 101 cm³/mol. The van der Waals surface area contributed by atoms with E-state index in [0.717, 1.165) is 37.0 Å². The fourth-order valence-electron chi connectivity index (χ4n) is 5.78. The molecule has 4 bridgehead atoms. The van der Waals surface area contributed by atoms with Crippen molar-refractivity contribution in [2.45, 2.75) is 57.4 Å². The number of amides is 1. The third-order valence-corrected chi connectivity index (χ3v) is 6.60. The van der Waals surface area contributed by atoms with Crippen LogP contribution in [0.15, 0.2) is 18.2 Å². The topological polar surface area (TPSA) is 55.4 Å². The van der Waals surface area contributed by atoms with Gasteiger partial charge in [0.15, 0.2) is 12.4 Å². The highest BCUT2D eigenvalue weighted by atomic mass is 35.5. The van der Waals surface area contributed by atoms with E-state index < -0.39 is 0 Å². The third kappa shape index (κ3) is 3.48. The van der Waals surface area contributed by atoms with Gasteiger partial charge in [0.2, 0.25) is 0 Å². The number of halogens is 1. The molecule has 1 N–H and O–H groups in total. The van der Waals surface area contributed by atoms with Gasteiger partial charge in [0, 0.05) is 17.0 Å². The Kier molecular flexibility index (Phi) is 4.72. The number of benzene rings is 1. The second-order valence-electron chi connectivity index (χ2n) is 8.45. The molecule has 0 aliphatic heterocycles. The second-order valence-corrected chi connectivity index (χ2v) is 8.89. The van der Waals surface area contributed by atoms with Crippen molar-refractivity contribution in [2.24, 2.45) is 17.8 Å². The van der Waals surface area contributed by atoms with Crippen molar-refractivity contribution in [3.63, 3.8) is 0 Å². The number of ether oxygens (including phenoxy) is 1. The standard InChI is InChI=1S/C21H26ClNO3/c1-2-18(24)17-8-16(22)3-4-19(17)26-12-20(25)23-21-9-13-5-14(10-21)7-15(6-13)11-21/h3-4,8,13-15H,2,5-7,9-12H2,1H3,(H,23,25). The van der Waals surface area contributed by atoms with Crippen LogP contribution in [0.25, 0.3) is 0 Å². The van der Waals surface area contributed by atoms with Crippen molar-refractivity contribution in [3.05, 3.63) is 28.8 Å². The number of hydrogen-bond donors (Lipinski definition) is 1. The van der Waals surface area contributed by atoms with Gasteiger partial charge in [-0.15, -0.1) is 0 Å². The summed E-state index contributed by atoms with van der Waals surface area (Å²) in [4.78, 5) is 24.7. The molecule has 5 heteroatoms. The minimum absolute atomic E-state index is 0.0166. The lowest BCUT2D eigenvalue weighted by molar-refractivity contribution is -0.128. The summed E-state index contributed by atoms with van der Waals surface area (Å²) >= 11 is 6.00. The Morgan fingerprint density at radius 1 is 1.15 bits per heavy atom. The molecule has 1 aromatic carbocycles. The van der Waals surface area contributed by atoms with Crippen molar-refractivity contribution < 1.29 is 14.3 Å². The van der Waals surface area contributed by atoms with Crippen LogP contribution in [-0.2, 0) is 4.79 Å². The van der Waals surface area contributed by atoms with Gasteiger partial charge in [-0.1, -0.05) is 18.5 Å². The van der Waals surface area contributed by atoms with E-state index in [2.05, 4.69) is 5.32 Å². The minimum Gasteiger partial charge on any atom is -0.483 e. The number of rotatable bonds is 6. The molecule has 1 amide bonds. The molecule has 0 radical (unpaired) electrons. The van der Waals surface area contributed by atoms with Crippen molar-refractivity contribution in [1.82, 2.24) is 5.32 Å². The van der Waals surface area contributed by atoms with Gasteiger partial charge in [-0.2, -0.15) is 0 Å². The van der Waals surface area contributed by atoms with Crippen LogP contribution in [0.4, 0.5) is 0 Å². The fourth-order valence-corrected chi connectivity index (χ4v) is 5.95. The number of nitrogens with one attached hydrogen (secondary N) is 1. The molecule has 140 valence electrons. The maximum absolute atomic E-state index is 12.6. The lowest BCUT2D eigenvalue weighted by Crippen LogP contribution is -2.60. The molecule has 0 saturated heterocycles. The average molecular weight is 376 g/mol. The molecular formula is C21H26ClNO3. The van der Waals surface area contributed by atoms with E-state index in [4.69, 9.17) is 16.3 Å². The van der Waals surface area contributed by atoms with Crippen LogP contribution in [-0.4, -0.2) is 23.8 Å². The number of carbonyl (C=O) groups excluding carboxylic acids is 2. The molecule has 4 saturated carbocycles. The fraction of sp³-hybridized carbons (Fsp3) is 0.619. The Balaban J connectivity index is 1.40. The zero-order valence-corrected chi connectivity index (χ0v) is 16.0. The molecule has 0 unspecified atom stereocenters. The van der Waals surface area contributed by atoms with Crippen molar-refractivity contribution in [2.75, 3.05) is 6.61 Å². The van der Waals surface area contributed by atoms with Gasteiger partial charge >= 0.3 is 0 Å². The van der Waals surface area contributed by atoms with E-state index in [0.29, 0.717) is 22.8 Å². The van der Waals surface area contributed by atoms with Gasteiger partial charge in [-0.25, -0.2) is 0 Å². The molecule has 0 aromatic heterocycles. The molecule has 1 aromatic rings. The van der Waals surface area contributed by atoms with E-state index in [-0.39, 0.29) is 23.8 Å². The lowest BCUT2D eigenvalue weighted by Gasteiger charge is -2.56. The monoisotopic (exact) mass is 375 g/mol. The number of Topliss-reactive ketones (excluding diaryl/α,β-unsaturated/α-hetero) is 1. The largest absolute Gasteiger partial charge is 0.483 e. The lowest BCUT2D eigenvalue weighted by atomic mass is 9.53. The van der Waals surface area contributed by atoms with Gasteiger partial charge in [0.05, 0.1) is 5.56 Å². The number of carbonyl (C=O) groups is 2. The number of ketones is 1. The highest BCUT2D eigenvalue weighted by Crippen LogP contribution is 2.55. The summed E-state index contributed by atoms with van der Waals surface area (Å²) in [6, 6.07) is 4.96. The zero-order valence-electron chi connectivity index (χ0n) is 15.2. The molecule has 0 spiro atoms.